The Hall–Kier alpha value is -1.92. The first-order chi connectivity index (χ1) is 45.5. The van der Waals surface area contributed by atoms with Crippen molar-refractivity contribution in [2.75, 3.05) is 13.2 Å². The van der Waals surface area contributed by atoms with Crippen LogP contribution in [0.2, 0.25) is 0 Å². The van der Waals surface area contributed by atoms with Crippen molar-refractivity contribution in [2.45, 2.75) is 488 Å². The Morgan fingerprint density at radius 2 is 0.543 bits per heavy atom. The van der Waals surface area contributed by atoms with Gasteiger partial charge < -0.3 is 20.3 Å². The quantitative estimate of drug-likeness (QED) is 0.0320. The molecule has 0 radical (unpaired) electrons. The van der Waals surface area contributed by atoms with Crippen molar-refractivity contribution in [3.05, 3.63) is 36.5 Å². The number of aliphatic hydroxyl groups is 2. The van der Waals surface area contributed by atoms with Crippen LogP contribution in [0.15, 0.2) is 36.5 Å². The van der Waals surface area contributed by atoms with Gasteiger partial charge in [0.15, 0.2) is 0 Å². The Morgan fingerprint density at radius 3 is 0.826 bits per heavy atom. The summed E-state index contributed by atoms with van der Waals surface area (Å²) in [5.41, 5.74) is 0. The molecule has 0 aliphatic carbocycles. The molecule has 0 saturated carbocycles. The fourth-order valence-electron chi connectivity index (χ4n) is 13.5. The van der Waals surface area contributed by atoms with Crippen LogP contribution in [0.1, 0.15) is 476 Å². The first-order valence-corrected chi connectivity index (χ1v) is 42.3. The highest BCUT2D eigenvalue weighted by molar-refractivity contribution is 5.76. The first-order valence-electron chi connectivity index (χ1n) is 42.3. The van der Waals surface area contributed by atoms with Crippen molar-refractivity contribution in [3.63, 3.8) is 0 Å². The molecule has 6 heteroatoms. The molecule has 0 aromatic heterocycles. The maximum absolute atomic E-state index is 12.5. The number of aliphatic hydroxyl groups excluding tert-OH is 2. The summed E-state index contributed by atoms with van der Waals surface area (Å²) in [6.45, 7) is 4.96. The van der Waals surface area contributed by atoms with Gasteiger partial charge in [-0.3, -0.25) is 9.59 Å². The number of carbonyl (C=O) groups excluding carboxylic acids is 2. The van der Waals surface area contributed by atoms with Gasteiger partial charge in [-0.1, -0.05) is 436 Å². The van der Waals surface area contributed by atoms with Gasteiger partial charge in [0, 0.05) is 12.8 Å². The SMILES string of the molecule is CCCCCCCCCCCCCCCCCCC/C=C/C(O)C(CO)NC(=O)CCCCCCCCCCCCCCCCCCC/C=C\C/C=C\CCCCCCCCCCCCCCCCCOC(=O)CCCCCCCCCCCCCCCCCCC. The maximum Gasteiger partial charge on any atom is 0.305 e. The van der Waals surface area contributed by atoms with Gasteiger partial charge in [0.25, 0.3) is 0 Å². The van der Waals surface area contributed by atoms with Crippen molar-refractivity contribution in [1.29, 1.82) is 0 Å². The lowest BCUT2D eigenvalue weighted by molar-refractivity contribution is -0.143. The van der Waals surface area contributed by atoms with Crippen LogP contribution >= 0.6 is 0 Å². The van der Waals surface area contributed by atoms with E-state index >= 15 is 0 Å². The molecule has 1 amide bonds. The molecule has 3 N–H and O–H groups in total. The highest BCUT2D eigenvalue weighted by Crippen LogP contribution is 2.20. The predicted molar refractivity (Wildman–Crippen MR) is 407 cm³/mol. The van der Waals surface area contributed by atoms with Crippen molar-refractivity contribution >= 4 is 11.9 Å². The summed E-state index contributed by atoms with van der Waals surface area (Å²) in [6.07, 6.45) is 107. The standard InChI is InChI=1S/C86H165NO5/c1-3-5-7-9-11-13-15-17-19-21-43-47-50-54-58-62-66-70-74-78-84(89)83(82-88)87-85(90)79-75-71-67-63-59-55-51-48-44-41-39-37-35-33-31-29-27-25-23-22-24-26-28-30-32-34-36-38-40-42-45-49-53-57-61-65-69-73-77-81-92-86(91)80-76-72-68-64-60-56-52-46-20-18-16-14-12-10-8-6-4-2/h22-23,26,28,74,78,83-84,88-89H,3-21,24-25,27,29-73,75-77,79-82H2,1-2H3,(H,87,90)/b23-22-,28-26-,78-74+. The van der Waals surface area contributed by atoms with Gasteiger partial charge >= 0.3 is 5.97 Å². The number of hydrogen-bond donors (Lipinski definition) is 3. The zero-order valence-corrected chi connectivity index (χ0v) is 62.6. The monoisotopic (exact) mass is 1290 g/mol. The number of esters is 1. The Balaban J connectivity index is 3.36. The van der Waals surface area contributed by atoms with Gasteiger partial charge in [-0.25, -0.2) is 0 Å². The van der Waals surface area contributed by atoms with E-state index in [4.69, 9.17) is 4.74 Å². The van der Waals surface area contributed by atoms with Crippen LogP contribution in [0.3, 0.4) is 0 Å². The predicted octanol–water partition coefficient (Wildman–Crippen LogP) is 28.2. The minimum Gasteiger partial charge on any atom is -0.466 e. The van der Waals surface area contributed by atoms with E-state index in [-0.39, 0.29) is 18.5 Å². The van der Waals surface area contributed by atoms with Crippen molar-refractivity contribution in [1.82, 2.24) is 5.32 Å². The van der Waals surface area contributed by atoms with E-state index in [1.807, 2.05) is 6.08 Å². The van der Waals surface area contributed by atoms with Gasteiger partial charge in [0.05, 0.1) is 25.4 Å². The number of nitrogens with one attached hydrogen (secondary N) is 1. The van der Waals surface area contributed by atoms with E-state index in [9.17, 15) is 19.8 Å². The fourth-order valence-corrected chi connectivity index (χ4v) is 13.5. The summed E-state index contributed by atoms with van der Waals surface area (Å²) < 4.78 is 5.52. The molecule has 2 unspecified atom stereocenters. The van der Waals surface area contributed by atoms with E-state index in [1.165, 1.54) is 405 Å². The van der Waals surface area contributed by atoms with E-state index < -0.39 is 12.1 Å². The van der Waals surface area contributed by atoms with E-state index in [0.717, 1.165) is 44.9 Å². The normalized spacial score (nSPS) is 12.6. The van der Waals surface area contributed by atoms with E-state index in [1.54, 1.807) is 6.08 Å². The molecule has 0 fully saturated rings. The van der Waals surface area contributed by atoms with Gasteiger partial charge in [-0.15, -0.1) is 0 Å². The van der Waals surface area contributed by atoms with Crippen LogP contribution in [-0.2, 0) is 14.3 Å². The Labute approximate surface area is 576 Å². The molecule has 92 heavy (non-hydrogen) atoms. The molecule has 544 valence electrons. The summed E-state index contributed by atoms with van der Waals surface area (Å²) in [4.78, 5) is 24.7. The minimum atomic E-state index is -0.843. The van der Waals surface area contributed by atoms with E-state index in [2.05, 4.69) is 43.5 Å². The number of hydrogen-bond acceptors (Lipinski definition) is 5. The lowest BCUT2D eigenvalue weighted by atomic mass is 10.0. The number of allylic oxidation sites excluding steroid dienone is 5. The topological polar surface area (TPSA) is 95.9 Å². The number of rotatable bonds is 80. The maximum atomic E-state index is 12.5. The van der Waals surface area contributed by atoms with Gasteiger partial charge in [0.2, 0.25) is 5.91 Å². The van der Waals surface area contributed by atoms with Crippen molar-refractivity contribution < 1.29 is 24.5 Å². The third kappa shape index (κ3) is 77.1. The fraction of sp³-hybridized carbons (Fsp3) is 0.907. The third-order valence-electron chi connectivity index (χ3n) is 19.9. The largest absolute Gasteiger partial charge is 0.466 e. The Kier molecular flexibility index (Phi) is 79.8. The van der Waals surface area contributed by atoms with Crippen LogP contribution in [0.25, 0.3) is 0 Å². The third-order valence-corrected chi connectivity index (χ3v) is 19.9. The molecular formula is C86H165NO5. The molecule has 0 heterocycles. The average Bonchev–Trinajstić information content (AvgIpc) is 3.75. The lowest BCUT2D eigenvalue weighted by Crippen LogP contribution is -2.45. The highest BCUT2D eigenvalue weighted by Gasteiger charge is 2.18. The first kappa shape index (κ1) is 90.1. The summed E-state index contributed by atoms with van der Waals surface area (Å²) in [5.74, 6) is -0.0356. The van der Waals surface area contributed by atoms with Crippen molar-refractivity contribution in [2.24, 2.45) is 0 Å². The molecule has 0 rings (SSSR count). The summed E-state index contributed by atoms with van der Waals surface area (Å²) >= 11 is 0. The van der Waals surface area contributed by atoms with Crippen LogP contribution in [-0.4, -0.2) is 47.4 Å². The summed E-state index contributed by atoms with van der Waals surface area (Å²) in [7, 11) is 0. The number of ether oxygens (including phenoxy) is 1. The molecule has 6 nitrogen and oxygen atoms in total. The van der Waals surface area contributed by atoms with E-state index in [0.29, 0.717) is 19.4 Å². The van der Waals surface area contributed by atoms with Gasteiger partial charge in [0.1, 0.15) is 0 Å². The second-order valence-corrected chi connectivity index (χ2v) is 29.2. The molecule has 2 atom stereocenters. The van der Waals surface area contributed by atoms with Crippen LogP contribution in [0.4, 0.5) is 0 Å². The second kappa shape index (κ2) is 81.5. The number of amides is 1. The highest BCUT2D eigenvalue weighted by atomic mass is 16.5. The second-order valence-electron chi connectivity index (χ2n) is 29.2. The molecule has 0 aliphatic heterocycles. The molecular weight excluding hydrogens is 1130 g/mol. The number of unbranched alkanes of at least 4 members (excludes halogenated alkanes) is 65. The van der Waals surface area contributed by atoms with Crippen LogP contribution in [0.5, 0.6) is 0 Å². The van der Waals surface area contributed by atoms with Crippen LogP contribution < -0.4 is 5.32 Å². The van der Waals surface area contributed by atoms with Crippen LogP contribution in [0, 0.1) is 0 Å². The average molecular weight is 1290 g/mol. The molecule has 0 saturated heterocycles. The summed E-state index contributed by atoms with van der Waals surface area (Å²) in [6, 6.07) is -0.626. The van der Waals surface area contributed by atoms with Gasteiger partial charge in [-0.2, -0.15) is 0 Å². The minimum absolute atomic E-state index is 0.0250. The molecule has 0 aromatic carbocycles. The van der Waals surface area contributed by atoms with Crippen molar-refractivity contribution in [3.8, 4) is 0 Å². The Morgan fingerprint density at radius 1 is 0.304 bits per heavy atom. The smallest absolute Gasteiger partial charge is 0.305 e. The Bertz CT molecular complexity index is 1490. The molecule has 0 bridgehead atoms. The lowest BCUT2D eigenvalue weighted by Gasteiger charge is -2.20. The molecule has 0 aromatic rings. The zero-order valence-electron chi connectivity index (χ0n) is 62.6. The molecule has 0 aliphatic rings. The summed E-state index contributed by atoms with van der Waals surface area (Å²) in [5, 5.41) is 23.3. The number of carbonyl (C=O) groups is 2. The zero-order chi connectivity index (χ0) is 66.3. The molecule has 0 spiro atoms. The van der Waals surface area contributed by atoms with Gasteiger partial charge in [-0.05, 0) is 64.2 Å².